The summed E-state index contributed by atoms with van der Waals surface area (Å²) >= 11 is 0. The van der Waals surface area contributed by atoms with Crippen molar-refractivity contribution in [1.82, 2.24) is 0 Å². The van der Waals surface area contributed by atoms with Gasteiger partial charge in [0, 0.05) is 0 Å². The predicted octanol–water partition coefficient (Wildman–Crippen LogP) is 4.23. The summed E-state index contributed by atoms with van der Waals surface area (Å²) < 4.78 is 0. The third kappa shape index (κ3) is 3.25. The molecule has 1 rings (SSSR count). The topological polar surface area (TPSA) is 0 Å². The van der Waals surface area contributed by atoms with Crippen LogP contribution in [-0.4, -0.2) is 0 Å². The molecule has 0 aliphatic heterocycles. The van der Waals surface area contributed by atoms with Gasteiger partial charge in [-0.05, 0) is 37.0 Å². The normalized spacial score (nSPS) is 11.2. The van der Waals surface area contributed by atoms with Crippen LogP contribution < -0.4 is 0 Å². The lowest BCUT2D eigenvalue weighted by molar-refractivity contribution is 1.12. The van der Waals surface area contributed by atoms with Crippen LogP contribution in [0.2, 0.25) is 0 Å². The smallest absolute Gasteiger partial charge is 0.00207 e. The van der Waals surface area contributed by atoms with Crippen LogP contribution in [0.4, 0.5) is 0 Å². The van der Waals surface area contributed by atoms with Gasteiger partial charge in [-0.25, -0.2) is 0 Å². The number of allylic oxidation sites excluding steroid dienone is 4. The molecule has 1 aromatic rings. The fraction of sp³-hybridized carbons (Fsp3) is 0.200. The van der Waals surface area contributed by atoms with E-state index >= 15 is 0 Å². The lowest BCUT2D eigenvalue weighted by Gasteiger charge is -2.09. The first-order valence-corrected chi connectivity index (χ1v) is 5.17. The molecule has 0 fully saturated rings. The highest BCUT2D eigenvalue weighted by Crippen LogP contribution is 2.17. The maximum absolute atomic E-state index is 3.98. The molecule has 78 valence electrons. The molecule has 15 heavy (non-hydrogen) atoms. The van der Waals surface area contributed by atoms with E-state index in [1.54, 1.807) is 0 Å². The molecule has 0 nitrogen and oxygen atoms in total. The minimum Gasteiger partial charge on any atom is -0.0991 e. The summed E-state index contributed by atoms with van der Waals surface area (Å²) in [5.41, 5.74) is 5.04. The molecular formula is C15H18. The summed E-state index contributed by atoms with van der Waals surface area (Å²) in [7, 11) is 0. The molecule has 0 saturated carbocycles. The van der Waals surface area contributed by atoms with E-state index in [2.05, 4.69) is 44.3 Å². The highest BCUT2D eigenvalue weighted by atomic mass is 14.1. The Morgan fingerprint density at radius 3 is 2.53 bits per heavy atom. The molecule has 0 radical (unpaired) electrons. The Kier molecular flexibility index (Phi) is 4.11. The molecule has 0 spiro atoms. The Labute approximate surface area is 92.6 Å². The van der Waals surface area contributed by atoms with E-state index in [1.807, 2.05) is 19.1 Å². The maximum Gasteiger partial charge on any atom is -0.00207 e. The minimum atomic E-state index is 0.939. The Morgan fingerprint density at radius 1 is 1.33 bits per heavy atom. The molecular weight excluding hydrogens is 180 g/mol. The number of hydrogen-bond donors (Lipinski definition) is 0. The van der Waals surface area contributed by atoms with Gasteiger partial charge in [0.05, 0.1) is 0 Å². The summed E-state index contributed by atoms with van der Waals surface area (Å²) in [5.74, 6) is 0. The Hall–Kier alpha value is -1.56. The van der Waals surface area contributed by atoms with E-state index in [4.69, 9.17) is 0 Å². The van der Waals surface area contributed by atoms with Gasteiger partial charge in [-0.2, -0.15) is 0 Å². The second-order valence-electron chi connectivity index (χ2n) is 3.81. The third-order valence-electron chi connectivity index (χ3n) is 2.51. The molecule has 0 aliphatic rings. The molecule has 0 amide bonds. The molecule has 0 heteroatoms. The largest absolute Gasteiger partial charge is 0.0991 e. The van der Waals surface area contributed by atoms with Gasteiger partial charge in [0.1, 0.15) is 0 Å². The van der Waals surface area contributed by atoms with Crippen molar-refractivity contribution in [3.05, 3.63) is 71.8 Å². The third-order valence-corrected chi connectivity index (χ3v) is 2.51. The first kappa shape index (κ1) is 11.5. The zero-order chi connectivity index (χ0) is 11.3. The highest BCUT2D eigenvalue weighted by Gasteiger charge is 2.01. The molecule has 0 unspecified atom stereocenters. The predicted molar refractivity (Wildman–Crippen MR) is 68.0 cm³/mol. The van der Waals surface area contributed by atoms with Crippen LogP contribution in [0.3, 0.4) is 0 Å². The molecule has 0 bridgehead atoms. The molecule has 0 saturated heterocycles. The lowest BCUT2D eigenvalue weighted by Crippen LogP contribution is -1.94. The number of aryl methyl sites for hydroxylation is 1. The summed E-state index contributed by atoms with van der Waals surface area (Å²) in [5, 5.41) is 0. The number of rotatable bonds is 4. The van der Waals surface area contributed by atoms with Crippen molar-refractivity contribution in [2.45, 2.75) is 20.3 Å². The highest BCUT2D eigenvalue weighted by molar-refractivity contribution is 5.37. The Bertz CT molecular complexity index is 394. The quantitative estimate of drug-likeness (QED) is 0.635. The molecule has 0 aliphatic carbocycles. The summed E-state index contributed by atoms with van der Waals surface area (Å²) in [4.78, 5) is 0. The van der Waals surface area contributed by atoms with Crippen molar-refractivity contribution in [2.75, 3.05) is 0 Å². The van der Waals surface area contributed by atoms with E-state index in [1.165, 1.54) is 16.7 Å². The van der Waals surface area contributed by atoms with Crippen molar-refractivity contribution in [3.63, 3.8) is 0 Å². The zero-order valence-electron chi connectivity index (χ0n) is 9.59. The van der Waals surface area contributed by atoms with Crippen molar-refractivity contribution >= 4 is 0 Å². The second kappa shape index (κ2) is 5.35. The van der Waals surface area contributed by atoms with Crippen LogP contribution in [0, 0.1) is 6.92 Å². The maximum atomic E-state index is 3.98. The molecule has 0 atom stereocenters. The minimum absolute atomic E-state index is 0.939. The molecule has 0 N–H and O–H groups in total. The second-order valence-corrected chi connectivity index (χ2v) is 3.81. The van der Waals surface area contributed by atoms with E-state index in [9.17, 15) is 0 Å². The van der Waals surface area contributed by atoms with Crippen LogP contribution in [0.15, 0.2) is 60.7 Å². The first-order chi connectivity index (χ1) is 7.15. The van der Waals surface area contributed by atoms with E-state index < -0.39 is 0 Å². The van der Waals surface area contributed by atoms with Crippen LogP contribution in [0.1, 0.15) is 18.1 Å². The standard InChI is InChI=1S/C15H18/c1-5-8-14(12(2)3)11-15-10-7-6-9-13(15)4/h5-10H,1-2,11H2,3-4H3/b14-8-. The van der Waals surface area contributed by atoms with Crippen molar-refractivity contribution < 1.29 is 0 Å². The van der Waals surface area contributed by atoms with Gasteiger partial charge >= 0.3 is 0 Å². The zero-order valence-corrected chi connectivity index (χ0v) is 9.59. The molecule has 1 aromatic carbocycles. The molecule has 0 heterocycles. The Morgan fingerprint density at radius 2 is 2.00 bits per heavy atom. The van der Waals surface area contributed by atoms with Gasteiger partial charge in [-0.3, -0.25) is 0 Å². The monoisotopic (exact) mass is 198 g/mol. The number of hydrogen-bond acceptors (Lipinski definition) is 0. The van der Waals surface area contributed by atoms with Gasteiger partial charge in [-0.1, -0.05) is 55.1 Å². The average molecular weight is 198 g/mol. The Balaban J connectivity index is 2.93. The van der Waals surface area contributed by atoms with E-state index in [0.717, 1.165) is 12.0 Å². The van der Waals surface area contributed by atoms with Crippen LogP contribution in [0.25, 0.3) is 0 Å². The van der Waals surface area contributed by atoms with Crippen LogP contribution in [0.5, 0.6) is 0 Å². The molecule has 0 aromatic heterocycles. The van der Waals surface area contributed by atoms with Gasteiger partial charge in [0.25, 0.3) is 0 Å². The SMILES string of the molecule is C=C/C=C(/Cc1ccccc1C)C(=C)C. The number of benzene rings is 1. The van der Waals surface area contributed by atoms with Crippen molar-refractivity contribution in [3.8, 4) is 0 Å². The summed E-state index contributed by atoms with van der Waals surface area (Å²) in [6.07, 6.45) is 4.80. The average Bonchev–Trinajstić information content (AvgIpc) is 2.20. The van der Waals surface area contributed by atoms with Crippen molar-refractivity contribution in [2.24, 2.45) is 0 Å². The summed E-state index contributed by atoms with van der Waals surface area (Å²) in [6.45, 7) is 11.9. The van der Waals surface area contributed by atoms with E-state index in [-0.39, 0.29) is 0 Å². The van der Waals surface area contributed by atoms with E-state index in [0.29, 0.717) is 0 Å². The van der Waals surface area contributed by atoms with Gasteiger partial charge in [0.2, 0.25) is 0 Å². The first-order valence-electron chi connectivity index (χ1n) is 5.17. The summed E-state index contributed by atoms with van der Waals surface area (Å²) in [6, 6.07) is 8.44. The van der Waals surface area contributed by atoms with Crippen LogP contribution in [-0.2, 0) is 6.42 Å². The van der Waals surface area contributed by atoms with Gasteiger partial charge in [-0.15, -0.1) is 0 Å². The van der Waals surface area contributed by atoms with Crippen LogP contribution >= 0.6 is 0 Å². The van der Waals surface area contributed by atoms with Crippen molar-refractivity contribution in [1.29, 1.82) is 0 Å². The van der Waals surface area contributed by atoms with Gasteiger partial charge in [0.15, 0.2) is 0 Å². The lowest BCUT2D eigenvalue weighted by atomic mass is 9.97. The fourth-order valence-electron chi connectivity index (χ4n) is 1.51. The fourth-order valence-corrected chi connectivity index (χ4v) is 1.51. The van der Waals surface area contributed by atoms with Gasteiger partial charge < -0.3 is 0 Å².